The minimum Gasteiger partial charge on any atom is -0.493 e. The first-order valence-corrected chi connectivity index (χ1v) is 10.2. The molecule has 0 spiro atoms. The molecule has 0 fully saturated rings. The number of hydrogen-bond acceptors (Lipinski definition) is 4. The average Bonchev–Trinajstić information content (AvgIpc) is 3.14. The van der Waals surface area contributed by atoms with Gasteiger partial charge >= 0.3 is 0 Å². The maximum Gasteiger partial charge on any atom is 0.161 e. The van der Waals surface area contributed by atoms with E-state index in [4.69, 9.17) is 30.8 Å². The minimum absolute atomic E-state index is 0.379. The molecule has 0 aliphatic carbocycles. The Kier molecular flexibility index (Phi) is 6.40. The molecular weight excluding hydrogens is 400 g/mol. The normalized spacial score (nSPS) is 10.9. The highest BCUT2D eigenvalue weighted by Gasteiger charge is 2.11. The van der Waals surface area contributed by atoms with Crippen molar-refractivity contribution >= 4 is 22.6 Å². The zero-order valence-corrected chi connectivity index (χ0v) is 17.5. The van der Waals surface area contributed by atoms with Crippen LogP contribution in [0.1, 0.15) is 12.2 Å². The summed E-state index contributed by atoms with van der Waals surface area (Å²) in [5.41, 5.74) is 2.04. The summed E-state index contributed by atoms with van der Waals surface area (Å²) >= 11 is 5.95. The molecule has 1 heterocycles. The Morgan fingerprint density at radius 2 is 1.60 bits per heavy atom. The number of fused-ring (bicyclic) bond motifs is 1. The van der Waals surface area contributed by atoms with E-state index in [2.05, 4.69) is 10.6 Å². The second-order valence-electron chi connectivity index (χ2n) is 6.76. The zero-order valence-electron chi connectivity index (χ0n) is 16.8. The standard InChI is InChI=1S/C24H23ClN2O3/c1-28-22-9-4-5-10-23(22)29-16-6-15-27-21-8-3-2-7-20(21)26-24(27)17-30-19-13-11-18(25)12-14-19/h2-5,7-14H,6,15-17H2,1H3. The van der Waals surface area contributed by atoms with Crippen molar-refractivity contribution in [1.82, 2.24) is 9.55 Å². The molecule has 3 aromatic carbocycles. The van der Waals surface area contributed by atoms with Gasteiger partial charge in [-0.3, -0.25) is 0 Å². The van der Waals surface area contributed by atoms with E-state index < -0.39 is 0 Å². The molecule has 1 aromatic heterocycles. The fraction of sp³-hybridized carbons (Fsp3) is 0.208. The smallest absolute Gasteiger partial charge is 0.161 e. The molecule has 154 valence electrons. The van der Waals surface area contributed by atoms with Crippen LogP contribution in [0.3, 0.4) is 0 Å². The molecule has 0 aliphatic rings. The third-order valence-electron chi connectivity index (χ3n) is 4.77. The Bertz CT molecular complexity index is 1110. The van der Waals surface area contributed by atoms with E-state index in [0.29, 0.717) is 18.2 Å². The van der Waals surface area contributed by atoms with Crippen LogP contribution in [0, 0.1) is 0 Å². The quantitative estimate of drug-likeness (QED) is 0.322. The number of hydrogen-bond donors (Lipinski definition) is 0. The third kappa shape index (κ3) is 4.69. The predicted molar refractivity (Wildman–Crippen MR) is 119 cm³/mol. The van der Waals surface area contributed by atoms with Crippen molar-refractivity contribution in [2.75, 3.05) is 13.7 Å². The first kappa shape index (κ1) is 20.1. The molecular formula is C24H23ClN2O3. The minimum atomic E-state index is 0.379. The molecule has 0 unspecified atom stereocenters. The Hall–Kier alpha value is -3.18. The van der Waals surface area contributed by atoms with Crippen LogP contribution >= 0.6 is 11.6 Å². The van der Waals surface area contributed by atoms with E-state index in [0.717, 1.165) is 47.1 Å². The fourth-order valence-corrected chi connectivity index (χ4v) is 3.43. The topological polar surface area (TPSA) is 45.5 Å². The number of rotatable bonds is 9. The summed E-state index contributed by atoms with van der Waals surface area (Å²) in [6.07, 6.45) is 0.826. The summed E-state index contributed by atoms with van der Waals surface area (Å²) in [6.45, 7) is 1.73. The van der Waals surface area contributed by atoms with Crippen LogP contribution in [0.5, 0.6) is 17.2 Å². The van der Waals surface area contributed by atoms with Crippen LogP contribution in [0.4, 0.5) is 0 Å². The van der Waals surface area contributed by atoms with Crippen molar-refractivity contribution in [3.63, 3.8) is 0 Å². The van der Waals surface area contributed by atoms with Gasteiger partial charge in [0.05, 0.1) is 24.8 Å². The molecule has 0 bridgehead atoms. The predicted octanol–water partition coefficient (Wildman–Crippen LogP) is 5.75. The maximum atomic E-state index is 5.95. The second kappa shape index (κ2) is 9.55. The van der Waals surface area contributed by atoms with Gasteiger partial charge in [0.25, 0.3) is 0 Å². The summed E-state index contributed by atoms with van der Waals surface area (Å²) in [5.74, 6) is 3.13. The van der Waals surface area contributed by atoms with Crippen molar-refractivity contribution in [2.45, 2.75) is 19.6 Å². The molecule has 0 aliphatic heterocycles. The van der Waals surface area contributed by atoms with Gasteiger partial charge in [-0.05, 0) is 55.0 Å². The van der Waals surface area contributed by atoms with E-state index >= 15 is 0 Å². The van der Waals surface area contributed by atoms with Crippen LogP contribution in [-0.4, -0.2) is 23.3 Å². The largest absolute Gasteiger partial charge is 0.493 e. The SMILES string of the molecule is COc1ccccc1OCCCn1c(COc2ccc(Cl)cc2)nc2ccccc21. The number of imidazole rings is 1. The number of nitrogens with zero attached hydrogens (tertiary/aromatic N) is 2. The Labute approximate surface area is 180 Å². The summed E-state index contributed by atoms with van der Waals surface area (Å²) < 4.78 is 19.4. The first-order valence-electron chi connectivity index (χ1n) is 9.83. The Morgan fingerprint density at radius 3 is 2.40 bits per heavy atom. The Morgan fingerprint density at radius 1 is 0.867 bits per heavy atom. The lowest BCUT2D eigenvalue weighted by Crippen LogP contribution is -2.10. The highest BCUT2D eigenvalue weighted by molar-refractivity contribution is 6.30. The van der Waals surface area contributed by atoms with Gasteiger partial charge in [0.2, 0.25) is 0 Å². The third-order valence-corrected chi connectivity index (χ3v) is 5.02. The molecule has 0 saturated carbocycles. The van der Waals surface area contributed by atoms with E-state index in [1.165, 1.54) is 0 Å². The van der Waals surface area contributed by atoms with E-state index in [1.807, 2.05) is 66.7 Å². The molecule has 4 aromatic rings. The maximum absolute atomic E-state index is 5.95. The molecule has 0 amide bonds. The van der Waals surface area contributed by atoms with Gasteiger partial charge in [-0.25, -0.2) is 4.98 Å². The summed E-state index contributed by atoms with van der Waals surface area (Å²) in [7, 11) is 1.65. The highest BCUT2D eigenvalue weighted by atomic mass is 35.5. The highest BCUT2D eigenvalue weighted by Crippen LogP contribution is 2.26. The lowest BCUT2D eigenvalue weighted by molar-refractivity contribution is 0.273. The number of halogens is 1. The number of aryl methyl sites for hydroxylation is 1. The monoisotopic (exact) mass is 422 g/mol. The lowest BCUT2D eigenvalue weighted by atomic mass is 10.3. The number of aromatic nitrogens is 2. The summed E-state index contributed by atoms with van der Waals surface area (Å²) in [5, 5.41) is 0.685. The molecule has 0 N–H and O–H groups in total. The summed E-state index contributed by atoms with van der Waals surface area (Å²) in [4.78, 5) is 4.76. The molecule has 30 heavy (non-hydrogen) atoms. The number of benzene rings is 3. The number of methoxy groups -OCH3 is 1. The van der Waals surface area contributed by atoms with Gasteiger partial charge in [-0.2, -0.15) is 0 Å². The van der Waals surface area contributed by atoms with Gasteiger partial charge in [0.1, 0.15) is 18.2 Å². The van der Waals surface area contributed by atoms with Crippen molar-refractivity contribution in [2.24, 2.45) is 0 Å². The van der Waals surface area contributed by atoms with E-state index in [9.17, 15) is 0 Å². The van der Waals surface area contributed by atoms with Crippen molar-refractivity contribution in [1.29, 1.82) is 0 Å². The number of ether oxygens (including phenoxy) is 3. The van der Waals surface area contributed by atoms with Gasteiger partial charge < -0.3 is 18.8 Å². The zero-order chi connectivity index (χ0) is 20.8. The molecule has 0 radical (unpaired) electrons. The molecule has 0 saturated heterocycles. The fourth-order valence-electron chi connectivity index (χ4n) is 3.31. The number of para-hydroxylation sites is 4. The van der Waals surface area contributed by atoms with Crippen LogP contribution in [-0.2, 0) is 13.2 Å². The van der Waals surface area contributed by atoms with Gasteiger partial charge in [0.15, 0.2) is 11.5 Å². The lowest BCUT2D eigenvalue weighted by Gasteiger charge is -2.12. The van der Waals surface area contributed by atoms with Gasteiger partial charge in [0, 0.05) is 11.6 Å². The van der Waals surface area contributed by atoms with Crippen LogP contribution in [0.25, 0.3) is 11.0 Å². The van der Waals surface area contributed by atoms with Crippen LogP contribution in [0.2, 0.25) is 5.02 Å². The molecule has 4 rings (SSSR count). The Balaban J connectivity index is 1.44. The second-order valence-corrected chi connectivity index (χ2v) is 7.20. The van der Waals surface area contributed by atoms with Gasteiger partial charge in [-0.15, -0.1) is 0 Å². The molecule has 0 atom stereocenters. The van der Waals surface area contributed by atoms with E-state index in [-0.39, 0.29) is 0 Å². The van der Waals surface area contributed by atoms with E-state index in [1.54, 1.807) is 7.11 Å². The average molecular weight is 423 g/mol. The van der Waals surface area contributed by atoms with Gasteiger partial charge in [-0.1, -0.05) is 35.9 Å². The van der Waals surface area contributed by atoms with Crippen molar-refractivity contribution < 1.29 is 14.2 Å². The summed E-state index contributed by atoms with van der Waals surface area (Å²) in [6, 6.07) is 23.1. The first-order chi connectivity index (χ1) is 14.7. The molecule has 5 nitrogen and oxygen atoms in total. The van der Waals surface area contributed by atoms with Crippen LogP contribution < -0.4 is 14.2 Å². The van der Waals surface area contributed by atoms with Crippen molar-refractivity contribution in [3.05, 3.63) is 83.6 Å². The molecule has 6 heteroatoms. The van der Waals surface area contributed by atoms with Crippen LogP contribution in [0.15, 0.2) is 72.8 Å². The van der Waals surface area contributed by atoms with Crippen molar-refractivity contribution in [3.8, 4) is 17.2 Å².